The average molecular weight is 308 g/mol. The van der Waals surface area contributed by atoms with Crippen molar-refractivity contribution in [2.24, 2.45) is 0 Å². The first kappa shape index (κ1) is 16.3. The summed E-state index contributed by atoms with van der Waals surface area (Å²) in [6.45, 7) is 3.92. The van der Waals surface area contributed by atoms with E-state index in [1.807, 2.05) is 32.1 Å². The van der Waals surface area contributed by atoms with Crippen molar-refractivity contribution in [2.45, 2.75) is 19.8 Å². The van der Waals surface area contributed by atoms with Gasteiger partial charge in [0, 0.05) is 5.56 Å². The van der Waals surface area contributed by atoms with Crippen LogP contribution in [0.2, 0.25) is 0 Å². The number of aromatic nitrogens is 2. The van der Waals surface area contributed by atoms with Crippen molar-refractivity contribution in [2.75, 3.05) is 14.2 Å². The van der Waals surface area contributed by atoms with Gasteiger partial charge in [0.15, 0.2) is 22.9 Å². The third-order valence-corrected chi connectivity index (χ3v) is 3.34. The molecule has 2 rings (SSSR count). The summed E-state index contributed by atoms with van der Waals surface area (Å²) in [5.41, 5.74) is 2.03. The SMILES string of the molecule is COc1ccc(-c2nc(C#N)c(C#N)nc2C(C)C)cc1OC. The molecular weight excluding hydrogens is 292 g/mol. The molecule has 0 amide bonds. The molecule has 0 atom stereocenters. The Bertz CT molecular complexity index is 817. The van der Waals surface area contributed by atoms with Crippen LogP contribution < -0.4 is 9.47 Å². The number of benzene rings is 1. The van der Waals surface area contributed by atoms with E-state index < -0.39 is 0 Å². The summed E-state index contributed by atoms with van der Waals surface area (Å²) in [5, 5.41) is 18.3. The second kappa shape index (κ2) is 6.76. The summed E-state index contributed by atoms with van der Waals surface area (Å²) >= 11 is 0. The van der Waals surface area contributed by atoms with E-state index in [-0.39, 0.29) is 17.3 Å². The lowest BCUT2D eigenvalue weighted by molar-refractivity contribution is 0.355. The maximum absolute atomic E-state index is 9.19. The third kappa shape index (κ3) is 3.07. The molecule has 0 N–H and O–H groups in total. The topological polar surface area (TPSA) is 91.8 Å². The second-order valence-corrected chi connectivity index (χ2v) is 5.10. The molecule has 0 bridgehead atoms. The molecule has 6 nitrogen and oxygen atoms in total. The van der Waals surface area contributed by atoms with E-state index in [1.54, 1.807) is 26.4 Å². The summed E-state index contributed by atoms with van der Waals surface area (Å²) in [6.07, 6.45) is 0. The molecule has 6 heteroatoms. The van der Waals surface area contributed by atoms with Gasteiger partial charge in [-0.3, -0.25) is 0 Å². The molecular formula is C17H16N4O2. The van der Waals surface area contributed by atoms with E-state index in [1.165, 1.54) is 0 Å². The standard InChI is InChI=1S/C17H16N4O2/c1-10(2)16-17(21-13(9-19)12(8-18)20-16)11-5-6-14(22-3)15(7-11)23-4/h5-7,10H,1-4H3. The van der Waals surface area contributed by atoms with Gasteiger partial charge in [-0.2, -0.15) is 10.5 Å². The van der Waals surface area contributed by atoms with Crippen molar-refractivity contribution in [1.29, 1.82) is 10.5 Å². The molecule has 0 spiro atoms. The van der Waals surface area contributed by atoms with Crippen molar-refractivity contribution in [3.05, 3.63) is 35.3 Å². The fraction of sp³-hybridized carbons (Fsp3) is 0.294. The minimum Gasteiger partial charge on any atom is -0.493 e. The van der Waals surface area contributed by atoms with Gasteiger partial charge in [0.25, 0.3) is 0 Å². The molecule has 0 aliphatic carbocycles. The summed E-state index contributed by atoms with van der Waals surface area (Å²) in [6, 6.07) is 9.21. The predicted molar refractivity (Wildman–Crippen MR) is 84.1 cm³/mol. The molecule has 1 aromatic heterocycles. The zero-order valence-electron chi connectivity index (χ0n) is 13.4. The van der Waals surface area contributed by atoms with E-state index in [0.29, 0.717) is 22.9 Å². The first-order valence-corrected chi connectivity index (χ1v) is 7.00. The van der Waals surface area contributed by atoms with Gasteiger partial charge in [-0.25, -0.2) is 9.97 Å². The normalized spacial score (nSPS) is 10.0. The Morgan fingerprint density at radius 1 is 0.957 bits per heavy atom. The number of ether oxygens (including phenoxy) is 2. The van der Waals surface area contributed by atoms with Crippen molar-refractivity contribution >= 4 is 0 Å². The minimum atomic E-state index is 0.0154. The molecule has 23 heavy (non-hydrogen) atoms. The van der Waals surface area contributed by atoms with Crippen LogP contribution in [0.25, 0.3) is 11.3 Å². The largest absolute Gasteiger partial charge is 0.493 e. The van der Waals surface area contributed by atoms with Gasteiger partial charge in [0.05, 0.1) is 25.6 Å². The molecule has 0 aliphatic heterocycles. The highest BCUT2D eigenvalue weighted by Gasteiger charge is 2.18. The van der Waals surface area contributed by atoms with Crippen LogP contribution in [-0.2, 0) is 0 Å². The fourth-order valence-electron chi connectivity index (χ4n) is 2.20. The van der Waals surface area contributed by atoms with Gasteiger partial charge in [-0.15, -0.1) is 0 Å². The Kier molecular flexibility index (Phi) is 4.78. The van der Waals surface area contributed by atoms with Crippen LogP contribution in [0.5, 0.6) is 11.5 Å². The lowest BCUT2D eigenvalue weighted by Gasteiger charge is -2.14. The molecule has 0 aliphatic rings. The van der Waals surface area contributed by atoms with Crippen molar-refractivity contribution in [3.63, 3.8) is 0 Å². The Hall–Kier alpha value is -3.12. The van der Waals surface area contributed by atoms with E-state index in [2.05, 4.69) is 9.97 Å². The number of methoxy groups -OCH3 is 2. The molecule has 0 unspecified atom stereocenters. The second-order valence-electron chi connectivity index (χ2n) is 5.10. The molecule has 1 heterocycles. The maximum atomic E-state index is 9.19. The maximum Gasteiger partial charge on any atom is 0.177 e. The number of hydrogen-bond donors (Lipinski definition) is 0. The van der Waals surface area contributed by atoms with Crippen LogP contribution in [0.15, 0.2) is 18.2 Å². The molecule has 0 saturated heterocycles. The summed E-state index contributed by atoms with van der Waals surface area (Å²) in [4.78, 5) is 8.66. The smallest absolute Gasteiger partial charge is 0.177 e. The highest BCUT2D eigenvalue weighted by Crippen LogP contribution is 2.34. The monoisotopic (exact) mass is 308 g/mol. The zero-order valence-corrected chi connectivity index (χ0v) is 13.4. The summed E-state index contributed by atoms with van der Waals surface area (Å²) in [5.74, 6) is 1.21. The van der Waals surface area contributed by atoms with Gasteiger partial charge in [-0.1, -0.05) is 13.8 Å². The van der Waals surface area contributed by atoms with Crippen LogP contribution >= 0.6 is 0 Å². The van der Waals surface area contributed by atoms with Crippen molar-refractivity contribution in [1.82, 2.24) is 9.97 Å². The van der Waals surface area contributed by atoms with E-state index >= 15 is 0 Å². The minimum absolute atomic E-state index is 0.0154. The average Bonchev–Trinajstić information content (AvgIpc) is 2.59. The zero-order chi connectivity index (χ0) is 17.0. The van der Waals surface area contributed by atoms with Crippen LogP contribution in [0.1, 0.15) is 36.8 Å². The highest BCUT2D eigenvalue weighted by molar-refractivity contribution is 5.67. The van der Waals surface area contributed by atoms with Gasteiger partial charge in [0.1, 0.15) is 12.1 Å². The predicted octanol–water partition coefficient (Wildman–Crippen LogP) is 3.03. The molecule has 2 aromatic rings. The van der Waals surface area contributed by atoms with Gasteiger partial charge in [0.2, 0.25) is 0 Å². The number of hydrogen-bond acceptors (Lipinski definition) is 6. The van der Waals surface area contributed by atoms with Crippen molar-refractivity contribution < 1.29 is 9.47 Å². The molecule has 1 aromatic carbocycles. The van der Waals surface area contributed by atoms with Crippen LogP contribution in [-0.4, -0.2) is 24.2 Å². The Morgan fingerprint density at radius 2 is 1.57 bits per heavy atom. The fourth-order valence-corrected chi connectivity index (χ4v) is 2.20. The Labute approximate surface area is 134 Å². The lowest BCUT2D eigenvalue weighted by atomic mass is 10.0. The Balaban J connectivity index is 2.72. The third-order valence-electron chi connectivity index (χ3n) is 3.34. The molecule has 0 radical (unpaired) electrons. The Morgan fingerprint density at radius 3 is 2.09 bits per heavy atom. The van der Waals surface area contributed by atoms with Gasteiger partial charge < -0.3 is 9.47 Å². The molecule has 116 valence electrons. The lowest BCUT2D eigenvalue weighted by Crippen LogP contribution is -2.05. The van der Waals surface area contributed by atoms with Crippen LogP contribution in [0, 0.1) is 22.7 Å². The van der Waals surface area contributed by atoms with E-state index in [4.69, 9.17) is 14.7 Å². The molecule has 0 saturated carbocycles. The number of rotatable bonds is 4. The number of nitriles is 2. The first-order chi connectivity index (χ1) is 11.0. The first-order valence-electron chi connectivity index (χ1n) is 7.00. The highest BCUT2D eigenvalue weighted by atomic mass is 16.5. The van der Waals surface area contributed by atoms with E-state index in [0.717, 1.165) is 5.56 Å². The summed E-state index contributed by atoms with van der Waals surface area (Å²) in [7, 11) is 3.11. The van der Waals surface area contributed by atoms with E-state index in [9.17, 15) is 5.26 Å². The van der Waals surface area contributed by atoms with Gasteiger partial charge >= 0.3 is 0 Å². The quantitative estimate of drug-likeness (QED) is 0.862. The van der Waals surface area contributed by atoms with Gasteiger partial charge in [-0.05, 0) is 24.1 Å². The van der Waals surface area contributed by atoms with Crippen molar-refractivity contribution in [3.8, 4) is 34.9 Å². The molecule has 0 fully saturated rings. The van der Waals surface area contributed by atoms with Crippen LogP contribution in [0.3, 0.4) is 0 Å². The number of nitrogens with zero attached hydrogens (tertiary/aromatic N) is 4. The summed E-state index contributed by atoms with van der Waals surface area (Å²) < 4.78 is 10.5. The van der Waals surface area contributed by atoms with Crippen LogP contribution in [0.4, 0.5) is 0 Å².